The Bertz CT molecular complexity index is 1030. The normalized spacial score (nSPS) is 11.7. The first-order chi connectivity index (χ1) is 10.7. The zero-order valence-corrected chi connectivity index (χ0v) is 12.3. The third-order valence-electron chi connectivity index (χ3n) is 3.77. The van der Waals surface area contributed by atoms with Gasteiger partial charge in [-0.05, 0) is 13.3 Å². The van der Waals surface area contributed by atoms with Crippen LogP contribution < -0.4 is 5.56 Å². The van der Waals surface area contributed by atoms with Gasteiger partial charge in [0, 0.05) is 25.1 Å². The fraction of sp³-hybridized carbons (Fsp3) is 0.286. The summed E-state index contributed by atoms with van der Waals surface area (Å²) >= 11 is 0. The highest BCUT2D eigenvalue weighted by molar-refractivity contribution is 5.77. The van der Waals surface area contributed by atoms with Crippen LogP contribution >= 0.6 is 0 Å². The number of nitrogens with one attached hydrogen (secondary N) is 2. The Labute approximate surface area is 124 Å². The van der Waals surface area contributed by atoms with Crippen molar-refractivity contribution in [3.05, 3.63) is 34.6 Å². The van der Waals surface area contributed by atoms with E-state index in [9.17, 15) is 4.79 Å². The van der Waals surface area contributed by atoms with Crippen molar-refractivity contribution in [2.45, 2.75) is 26.8 Å². The van der Waals surface area contributed by atoms with Crippen molar-refractivity contribution < 1.29 is 0 Å². The van der Waals surface area contributed by atoms with Gasteiger partial charge in [-0.3, -0.25) is 18.9 Å². The minimum Gasteiger partial charge on any atom is -0.332 e. The molecule has 0 aliphatic carbocycles. The molecular weight excluding hydrogens is 282 g/mol. The predicted octanol–water partition coefficient (Wildman–Crippen LogP) is 1.48. The van der Waals surface area contributed by atoms with Crippen LogP contribution in [0.15, 0.2) is 23.4 Å². The van der Waals surface area contributed by atoms with Gasteiger partial charge in [0.05, 0.1) is 11.3 Å². The molecule has 4 aromatic rings. The van der Waals surface area contributed by atoms with Gasteiger partial charge in [-0.15, -0.1) is 0 Å². The lowest BCUT2D eigenvalue weighted by atomic mass is 10.2. The lowest BCUT2D eigenvalue weighted by molar-refractivity contribution is 0.663. The van der Waals surface area contributed by atoms with Crippen LogP contribution in [-0.2, 0) is 6.54 Å². The molecule has 0 saturated carbocycles. The van der Waals surface area contributed by atoms with Gasteiger partial charge in [0.15, 0.2) is 11.2 Å². The lowest BCUT2D eigenvalue weighted by Crippen LogP contribution is -2.23. The van der Waals surface area contributed by atoms with Crippen molar-refractivity contribution in [3.8, 4) is 11.4 Å². The Morgan fingerprint density at radius 1 is 1.36 bits per heavy atom. The smallest absolute Gasteiger partial charge is 0.280 e. The number of hydrogen-bond acceptors (Lipinski definition) is 4. The number of aryl methyl sites for hydroxylation is 2. The van der Waals surface area contributed by atoms with E-state index in [1.807, 2.05) is 24.4 Å². The standard InChI is InChI=1S/C14H15N7O/c1-3-5-21-13(22)10-12(20-6-4-15-14(20)21)18-11(17-10)9-7-16-19-8(9)2/h4,6-7H,3,5H2,1-2H3,(H,16,19)(H,17,18). The molecule has 0 spiro atoms. The number of nitrogens with zero attached hydrogens (tertiary/aromatic N) is 5. The molecular formula is C14H15N7O. The number of rotatable bonds is 3. The molecule has 8 nitrogen and oxygen atoms in total. The van der Waals surface area contributed by atoms with Gasteiger partial charge in [-0.1, -0.05) is 6.92 Å². The number of aromatic nitrogens is 7. The van der Waals surface area contributed by atoms with Crippen molar-refractivity contribution >= 4 is 16.9 Å². The summed E-state index contributed by atoms with van der Waals surface area (Å²) in [6.07, 6.45) is 6.12. The van der Waals surface area contributed by atoms with Crippen molar-refractivity contribution in [3.63, 3.8) is 0 Å². The molecule has 0 unspecified atom stereocenters. The molecule has 0 fully saturated rings. The number of H-pyrrole nitrogens is 2. The summed E-state index contributed by atoms with van der Waals surface area (Å²) in [7, 11) is 0. The van der Waals surface area contributed by atoms with Crippen molar-refractivity contribution in [1.29, 1.82) is 0 Å². The molecule has 4 rings (SSSR count). The molecule has 112 valence electrons. The Kier molecular flexibility index (Phi) is 2.65. The second kappa shape index (κ2) is 4.55. The van der Waals surface area contributed by atoms with Crippen molar-refractivity contribution in [1.82, 2.24) is 34.1 Å². The molecule has 0 bridgehead atoms. The summed E-state index contributed by atoms with van der Waals surface area (Å²) in [5.74, 6) is 1.24. The minimum atomic E-state index is -0.101. The van der Waals surface area contributed by atoms with E-state index in [0.717, 1.165) is 17.7 Å². The second-order valence-corrected chi connectivity index (χ2v) is 5.22. The Morgan fingerprint density at radius 3 is 2.95 bits per heavy atom. The van der Waals surface area contributed by atoms with Crippen LogP contribution in [0.2, 0.25) is 0 Å². The van der Waals surface area contributed by atoms with E-state index in [0.29, 0.717) is 29.3 Å². The van der Waals surface area contributed by atoms with E-state index in [-0.39, 0.29) is 5.56 Å². The molecule has 0 aliphatic rings. The molecule has 8 heteroatoms. The molecule has 4 heterocycles. The number of hydrogen-bond donors (Lipinski definition) is 2. The van der Waals surface area contributed by atoms with E-state index >= 15 is 0 Å². The topological polar surface area (TPSA) is 96.7 Å². The van der Waals surface area contributed by atoms with Crippen molar-refractivity contribution in [2.24, 2.45) is 0 Å². The summed E-state index contributed by atoms with van der Waals surface area (Å²) < 4.78 is 3.51. The number of imidazole rings is 2. The average molecular weight is 297 g/mol. The first-order valence-corrected chi connectivity index (χ1v) is 7.17. The van der Waals surface area contributed by atoms with Gasteiger partial charge in [0.25, 0.3) is 5.56 Å². The SMILES string of the molecule is CCCn1c(=O)c2[nH]c(-c3c[nH]nc3C)nc2n2ccnc12. The summed E-state index contributed by atoms with van der Waals surface area (Å²) in [4.78, 5) is 24.7. The maximum Gasteiger partial charge on any atom is 0.280 e. The zero-order chi connectivity index (χ0) is 15.3. The molecule has 4 aromatic heterocycles. The minimum absolute atomic E-state index is 0.101. The fourth-order valence-electron chi connectivity index (χ4n) is 2.72. The molecule has 0 aliphatic heterocycles. The number of fused-ring (bicyclic) bond motifs is 3. The third kappa shape index (κ3) is 1.63. The summed E-state index contributed by atoms with van der Waals surface area (Å²) in [5.41, 5.74) is 2.64. The second-order valence-electron chi connectivity index (χ2n) is 5.22. The molecule has 0 aromatic carbocycles. The Morgan fingerprint density at radius 2 is 2.23 bits per heavy atom. The maximum atomic E-state index is 12.7. The van der Waals surface area contributed by atoms with E-state index in [2.05, 4.69) is 25.1 Å². The lowest BCUT2D eigenvalue weighted by Gasteiger charge is -2.05. The van der Waals surface area contributed by atoms with Crippen LogP contribution in [-0.4, -0.2) is 34.1 Å². The molecule has 0 atom stereocenters. The summed E-state index contributed by atoms with van der Waals surface area (Å²) in [6, 6.07) is 0. The average Bonchev–Trinajstić information content (AvgIpc) is 3.20. The van der Waals surface area contributed by atoms with E-state index in [1.54, 1.807) is 17.0 Å². The fourth-order valence-corrected chi connectivity index (χ4v) is 2.72. The molecule has 0 radical (unpaired) electrons. The largest absolute Gasteiger partial charge is 0.332 e. The molecule has 2 N–H and O–H groups in total. The van der Waals surface area contributed by atoms with E-state index < -0.39 is 0 Å². The van der Waals surface area contributed by atoms with Gasteiger partial charge in [0.1, 0.15) is 5.82 Å². The Hall–Kier alpha value is -2.90. The molecule has 0 saturated heterocycles. The Balaban J connectivity index is 2.09. The highest BCUT2D eigenvalue weighted by atomic mass is 16.1. The third-order valence-corrected chi connectivity index (χ3v) is 3.77. The van der Waals surface area contributed by atoms with Gasteiger partial charge in [-0.25, -0.2) is 9.97 Å². The van der Waals surface area contributed by atoms with E-state index in [1.165, 1.54) is 0 Å². The van der Waals surface area contributed by atoms with Crippen LogP contribution in [0.25, 0.3) is 28.3 Å². The molecule has 22 heavy (non-hydrogen) atoms. The zero-order valence-electron chi connectivity index (χ0n) is 12.3. The summed E-state index contributed by atoms with van der Waals surface area (Å²) in [6.45, 7) is 4.54. The monoisotopic (exact) mass is 297 g/mol. The quantitative estimate of drug-likeness (QED) is 0.598. The van der Waals surface area contributed by atoms with Crippen LogP contribution in [0.5, 0.6) is 0 Å². The van der Waals surface area contributed by atoms with Crippen LogP contribution in [0.4, 0.5) is 0 Å². The van der Waals surface area contributed by atoms with Gasteiger partial charge in [0.2, 0.25) is 5.78 Å². The van der Waals surface area contributed by atoms with Gasteiger partial charge >= 0.3 is 0 Å². The van der Waals surface area contributed by atoms with Crippen LogP contribution in [0.1, 0.15) is 19.0 Å². The first-order valence-electron chi connectivity index (χ1n) is 7.17. The summed E-state index contributed by atoms with van der Waals surface area (Å²) in [5, 5.41) is 6.90. The predicted molar refractivity (Wildman–Crippen MR) is 81.7 cm³/mol. The first kappa shape index (κ1) is 12.8. The van der Waals surface area contributed by atoms with Gasteiger partial charge < -0.3 is 4.98 Å². The van der Waals surface area contributed by atoms with E-state index in [4.69, 9.17) is 0 Å². The maximum absolute atomic E-state index is 12.7. The highest BCUT2D eigenvalue weighted by Gasteiger charge is 2.17. The molecule has 0 amide bonds. The van der Waals surface area contributed by atoms with Crippen LogP contribution in [0, 0.1) is 6.92 Å². The highest BCUT2D eigenvalue weighted by Crippen LogP contribution is 2.21. The van der Waals surface area contributed by atoms with Crippen LogP contribution in [0.3, 0.4) is 0 Å². The number of aromatic amines is 2. The van der Waals surface area contributed by atoms with Gasteiger partial charge in [-0.2, -0.15) is 5.10 Å². The van der Waals surface area contributed by atoms with Crippen molar-refractivity contribution in [2.75, 3.05) is 0 Å².